The van der Waals surface area contributed by atoms with Gasteiger partial charge in [-0.1, -0.05) is 17.7 Å². The van der Waals surface area contributed by atoms with Gasteiger partial charge in [0.05, 0.1) is 33.3 Å². The van der Waals surface area contributed by atoms with E-state index >= 15 is 0 Å². The van der Waals surface area contributed by atoms with Crippen LogP contribution in [-0.2, 0) is 16.0 Å². The smallest absolute Gasteiger partial charge is 0.310 e. The first kappa shape index (κ1) is 19.3. The molecule has 2 aromatic carbocycles. The molecule has 0 aliphatic heterocycles. The summed E-state index contributed by atoms with van der Waals surface area (Å²) in [6, 6.07) is 10.4. The minimum Gasteiger partial charge on any atom is -0.497 e. The molecule has 26 heavy (non-hydrogen) atoms. The number of Topliss-reactive ketones (excluding diaryl/α,β-unsaturated/α-hetero) is 1. The standard InChI is InChI=1S/C20H22O6/c1-13-5-7-18(24-3)14(9-13)10-20(22)26-12-17(21)16-11-15(23-2)6-8-19(16)25-4/h5-9,11H,10,12H2,1-4H3. The first-order chi connectivity index (χ1) is 12.5. The number of carbonyl (C=O) groups excluding carboxylic acids is 2. The van der Waals surface area contributed by atoms with Crippen molar-refractivity contribution in [3.63, 3.8) is 0 Å². The molecule has 0 aliphatic rings. The molecular weight excluding hydrogens is 336 g/mol. The largest absolute Gasteiger partial charge is 0.497 e. The van der Waals surface area contributed by atoms with Gasteiger partial charge in [0.2, 0.25) is 5.78 Å². The zero-order valence-corrected chi connectivity index (χ0v) is 15.3. The molecule has 0 amide bonds. The van der Waals surface area contributed by atoms with Crippen LogP contribution in [-0.4, -0.2) is 39.7 Å². The van der Waals surface area contributed by atoms with Gasteiger partial charge < -0.3 is 18.9 Å². The fourth-order valence-corrected chi connectivity index (χ4v) is 2.51. The van der Waals surface area contributed by atoms with Crippen LogP contribution in [0.3, 0.4) is 0 Å². The number of benzene rings is 2. The van der Waals surface area contributed by atoms with Crippen molar-refractivity contribution < 1.29 is 28.5 Å². The fourth-order valence-electron chi connectivity index (χ4n) is 2.51. The Bertz CT molecular complexity index is 797. The fraction of sp³-hybridized carbons (Fsp3) is 0.300. The summed E-state index contributed by atoms with van der Waals surface area (Å²) in [6.45, 7) is 1.54. The highest BCUT2D eigenvalue weighted by Crippen LogP contribution is 2.25. The van der Waals surface area contributed by atoms with E-state index in [1.807, 2.05) is 19.1 Å². The molecule has 6 heteroatoms. The minimum atomic E-state index is -0.510. The van der Waals surface area contributed by atoms with Gasteiger partial charge in [-0.2, -0.15) is 0 Å². The molecule has 138 valence electrons. The third kappa shape index (κ3) is 4.75. The Hall–Kier alpha value is -3.02. The molecule has 0 aliphatic carbocycles. The Kier molecular flexibility index (Phi) is 6.60. The van der Waals surface area contributed by atoms with Crippen molar-refractivity contribution in [2.24, 2.45) is 0 Å². The summed E-state index contributed by atoms with van der Waals surface area (Å²) in [7, 11) is 4.51. The molecule has 6 nitrogen and oxygen atoms in total. The number of carbonyl (C=O) groups is 2. The predicted molar refractivity (Wildman–Crippen MR) is 96.3 cm³/mol. The topological polar surface area (TPSA) is 71.1 Å². The van der Waals surface area contributed by atoms with Gasteiger partial charge in [0, 0.05) is 5.56 Å². The van der Waals surface area contributed by atoms with Crippen molar-refractivity contribution in [3.8, 4) is 17.2 Å². The van der Waals surface area contributed by atoms with Crippen LogP contribution in [0.15, 0.2) is 36.4 Å². The van der Waals surface area contributed by atoms with E-state index < -0.39 is 5.97 Å². The van der Waals surface area contributed by atoms with Crippen LogP contribution in [0.25, 0.3) is 0 Å². The molecule has 0 spiro atoms. The number of hydrogen-bond donors (Lipinski definition) is 0. The van der Waals surface area contributed by atoms with Gasteiger partial charge in [0.25, 0.3) is 0 Å². The lowest BCUT2D eigenvalue weighted by molar-refractivity contribution is -0.141. The summed E-state index contributed by atoms with van der Waals surface area (Å²) in [4.78, 5) is 24.5. The number of esters is 1. The second kappa shape index (κ2) is 8.89. The maximum Gasteiger partial charge on any atom is 0.310 e. The summed E-state index contributed by atoms with van der Waals surface area (Å²) in [5, 5.41) is 0. The number of hydrogen-bond acceptors (Lipinski definition) is 6. The Morgan fingerprint density at radius 3 is 2.23 bits per heavy atom. The van der Waals surface area contributed by atoms with E-state index in [9.17, 15) is 9.59 Å². The zero-order valence-electron chi connectivity index (χ0n) is 15.3. The van der Waals surface area contributed by atoms with Gasteiger partial charge in [-0.25, -0.2) is 0 Å². The quantitative estimate of drug-likeness (QED) is 0.534. The van der Waals surface area contributed by atoms with Crippen molar-refractivity contribution >= 4 is 11.8 Å². The summed E-state index contributed by atoms with van der Waals surface area (Å²) >= 11 is 0. The maximum absolute atomic E-state index is 12.4. The lowest BCUT2D eigenvalue weighted by atomic mass is 10.1. The van der Waals surface area contributed by atoms with Crippen molar-refractivity contribution in [1.82, 2.24) is 0 Å². The highest BCUT2D eigenvalue weighted by molar-refractivity contribution is 6.00. The van der Waals surface area contributed by atoms with Gasteiger partial charge in [0.15, 0.2) is 6.61 Å². The van der Waals surface area contributed by atoms with Gasteiger partial charge in [-0.15, -0.1) is 0 Å². The van der Waals surface area contributed by atoms with Gasteiger partial charge in [-0.05, 0) is 31.2 Å². The Balaban J connectivity index is 2.03. The number of ether oxygens (including phenoxy) is 4. The van der Waals surface area contributed by atoms with Crippen molar-refractivity contribution in [1.29, 1.82) is 0 Å². The summed E-state index contributed by atoms with van der Waals surface area (Å²) in [5.41, 5.74) is 2.02. The van der Waals surface area contributed by atoms with Crippen LogP contribution in [0.2, 0.25) is 0 Å². The third-order valence-electron chi connectivity index (χ3n) is 3.84. The molecule has 0 heterocycles. The van der Waals surface area contributed by atoms with Crippen LogP contribution in [0, 0.1) is 6.92 Å². The average Bonchev–Trinajstić information content (AvgIpc) is 2.65. The molecule has 0 aromatic heterocycles. The maximum atomic E-state index is 12.4. The third-order valence-corrected chi connectivity index (χ3v) is 3.84. The molecule has 0 N–H and O–H groups in total. The Labute approximate surface area is 152 Å². The predicted octanol–water partition coefficient (Wildman–Crippen LogP) is 2.99. The first-order valence-electron chi connectivity index (χ1n) is 8.02. The van der Waals surface area contributed by atoms with E-state index in [-0.39, 0.29) is 18.8 Å². The summed E-state index contributed by atoms with van der Waals surface area (Å²) in [6.07, 6.45) is 0.0212. The zero-order chi connectivity index (χ0) is 19.1. The van der Waals surface area contributed by atoms with Crippen molar-refractivity contribution in [2.45, 2.75) is 13.3 Å². The van der Waals surface area contributed by atoms with E-state index in [0.717, 1.165) is 5.56 Å². The van der Waals surface area contributed by atoms with E-state index in [4.69, 9.17) is 18.9 Å². The second-order valence-electron chi connectivity index (χ2n) is 5.64. The van der Waals surface area contributed by atoms with Gasteiger partial charge >= 0.3 is 5.97 Å². The molecule has 0 unspecified atom stereocenters. The lowest BCUT2D eigenvalue weighted by Gasteiger charge is -2.11. The molecule has 0 bridgehead atoms. The molecule has 0 radical (unpaired) electrons. The number of aryl methyl sites for hydroxylation is 1. The highest BCUT2D eigenvalue weighted by atomic mass is 16.5. The normalized spacial score (nSPS) is 10.2. The molecule has 0 saturated carbocycles. The number of ketones is 1. The molecular formula is C20H22O6. The first-order valence-corrected chi connectivity index (χ1v) is 8.02. The minimum absolute atomic E-state index is 0.0212. The summed E-state index contributed by atoms with van der Waals surface area (Å²) < 4.78 is 20.7. The average molecular weight is 358 g/mol. The van der Waals surface area contributed by atoms with Crippen LogP contribution < -0.4 is 14.2 Å². The van der Waals surface area contributed by atoms with Gasteiger partial charge in [-0.3, -0.25) is 9.59 Å². The monoisotopic (exact) mass is 358 g/mol. The molecule has 2 aromatic rings. The van der Waals surface area contributed by atoms with Crippen LogP contribution in [0.1, 0.15) is 21.5 Å². The SMILES string of the molecule is COc1ccc(OC)c(C(=O)COC(=O)Cc2cc(C)ccc2OC)c1. The van der Waals surface area contributed by atoms with Crippen LogP contribution >= 0.6 is 0 Å². The summed E-state index contributed by atoms with van der Waals surface area (Å²) in [5.74, 6) is 0.639. The Morgan fingerprint density at radius 2 is 1.58 bits per heavy atom. The molecule has 0 saturated heterocycles. The van der Waals surface area contributed by atoms with E-state index in [1.54, 1.807) is 24.3 Å². The van der Waals surface area contributed by atoms with E-state index in [2.05, 4.69) is 0 Å². The molecule has 0 fully saturated rings. The van der Waals surface area contributed by atoms with Crippen molar-refractivity contribution in [3.05, 3.63) is 53.1 Å². The Morgan fingerprint density at radius 1 is 0.885 bits per heavy atom. The number of methoxy groups -OCH3 is 3. The second-order valence-corrected chi connectivity index (χ2v) is 5.64. The molecule has 0 atom stereocenters. The highest BCUT2D eigenvalue weighted by Gasteiger charge is 2.17. The number of rotatable bonds is 8. The van der Waals surface area contributed by atoms with Crippen LogP contribution in [0.5, 0.6) is 17.2 Å². The molecule has 2 rings (SSSR count). The lowest BCUT2D eigenvalue weighted by Crippen LogP contribution is -2.16. The van der Waals surface area contributed by atoms with Crippen molar-refractivity contribution in [2.75, 3.05) is 27.9 Å². The van der Waals surface area contributed by atoms with Crippen LogP contribution in [0.4, 0.5) is 0 Å². The van der Waals surface area contributed by atoms with E-state index in [1.165, 1.54) is 21.3 Å². The van der Waals surface area contributed by atoms with E-state index in [0.29, 0.717) is 28.4 Å². The van der Waals surface area contributed by atoms with Gasteiger partial charge in [0.1, 0.15) is 17.2 Å².